The number of aryl methyl sites for hydroxylation is 1. The van der Waals surface area contributed by atoms with Crippen molar-refractivity contribution in [2.45, 2.75) is 84.2 Å². The lowest BCUT2D eigenvalue weighted by Gasteiger charge is -2.41. The highest BCUT2D eigenvalue weighted by atomic mass is 19.1. The minimum absolute atomic E-state index is 0.213. The normalized spacial score (nSPS) is 17.4. The summed E-state index contributed by atoms with van der Waals surface area (Å²) in [7, 11) is 0. The molecule has 2 aromatic heterocycles. The van der Waals surface area contributed by atoms with E-state index in [0.29, 0.717) is 54.5 Å². The molecule has 9 nitrogen and oxygen atoms in total. The number of esters is 1. The summed E-state index contributed by atoms with van der Waals surface area (Å²) in [4.78, 5) is 20.9. The molecule has 2 aromatic carbocycles. The van der Waals surface area contributed by atoms with Gasteiger partial charge in [-0.3, -0.25) is 0 Å². The highest BCUT2D eigenvalue weighted by Crippen LogP contribution is 2.48. The van der Waals surface area contributed by atoms with Gasteiger partial charge in [0.25, 0.3) is 0 Å². The Labute approximate surface area is 293 Å². The monoisotopic (exact) mass is 682 g/mol. The van der Waals surface area contributed by atoms with Crippen LogP contribution in [0.15, 0.2) is 67.8 Å². The van der Waals surface area contributed by atoms with E-state index in [1.54, 1.807) is 19.1 Å². The van der Waals surface area contributed by atoms with Gasteiger partial charge >= 0.3 is 5.97 Å². The maximum atomic E-state index is 14.3. The van der Waals surface area contributed by atoms with Crippen LogP contribution in [0.2, 0.25) is 0 Å². The van der Waals surface area contributed by atoms with E-state index < -0.39 is 23.8 Å². The van der Waals surface area contributed by atoms with E-state index in [2.05, 4.69) is 25.0 Å². The fourth-order valence-electron chi connectivity index (χ4n) is 6.97. The van der Waals surface area contributed by atoms with Crippen LogP contribution < -0.4 is 9.64 Å². The molecule has 0 saturated carbocycles. The number of rotatable bonds is 11. The van der Waals surface area contributed by atoms with Crippen LogP contribution in [0.5, 0.6) is 5.75 Å². The average molecular weight is 683 g/mol. The van der Waals surface area contributed by atoms with E-state index in [1.807, 2.05) is 62.6 Å². The molecule has 0 bridgehead atoms. The summed E-state index contributed by atoms with van der Waals surface area (Å²) in [6.45, 7) is 21.4. The third-order valence-electron chi connectivity index (χ3n) is 9.30. The summed E-state index contributed by atoms with van der Waals surface area (Å²) in [5, 5.41) is 5.22. The van der Waals surface area contributed by atoms with Gasteiger partial charge in [0.05, 0.1) is 35.7 Å². The van der Waals surface area contributed by atoms with Crippen molar-refractivity contribution in [1.82, 2.24) is 14.6 Å². The summed E-state index contributed by atoms with van der Waals surface area (Å²) in [6, 6.07) is 12.6. The van der Waals surface area contributed by atoms with Crippen LogP contribution >= 0.6 is 0 Å². The summed E-state index contributed by atoms with van der Waals surface area (Å²) in [5.41, 5.74) is 5.20. The fraction of sp³-hybridized carbons (Fsp3) is 0.425. The van der Waals surface area contributed by atoms with Crippen LogP contribution in [0.3, 0.4) is 0 Å². The van der Waals surface area contributed by atoms with Crippen LogP contribution in [0.1, 0.15) is 82.9 Å². The molecule has 2 atom stereocenters. The topological polar surface area (TPSA) is 87.4 Å². The number of halogens is 1. The smallest absolute Gasteiger partial charge is 0.340 e. The Balaban J connectivity index is 1.55. The number of fused-ring (bicyclic) bond motifs is 4. The Bertz CT molecular complexity index is 1920. The van der Waals surface area contributed by atoms with Crippen LogP contribution in [-0.4, -0.2) is 58.1 Å². The first-order valence-corrected chi connectivity index (χ1v) is 17.3. The lowest BCUT2D eigenvalue weighted by atomic mass is 9.87. The SMILES string of the molecule is C=CCOC1(C)CCN(c2c([C@H](OC(C)(C)C)C(=O)OCC)c(C)nc3cc(-c4cccc5c4[C@@H](CC=C)Oc4cc(F)ccc4-5)nn23)CC1. The molecule has 0 aliphatic carbocycles. The highest BCUT2D eigenvalue weighted by molar-refractivity contribution is 5.84. The lowest BCUT2D eigenvalue weighted by Crippen LogP contribution is -2.45. The van der Waals surface area contributed by atoms with Crippen molar-refractivity contribution >= 4 is 17.4 Å². The first-order valence-electron chi connectivity index (χ1n) is 17.3. The van der Waals surface area contributed by atoms with Gasteiger partial charge in [-0.2, -0.15) is 9.61 Å². The van der Waals surface area contributed by atoms with Crippen molar-refractivity contribution in [3.63, 3.8) is 0 Å². The van der Waals surface area contributed by atoms with E-state index in [4.69, 9.17) is 29.0 Å². The number of hydrogen-bond acceptors (Lipinski definition) is 8. The van der Waals surface area contributed by atoms with Crippen molar-refractivity contribution in [2.75, 3.05) is 31.2 Å². The number of ether oxygens (including phenoxy) is 4. The summed E-state index contributed by atoms with van der Waals surface area (Å²) >= 11 is 0. The molecule has 50 heavy (non-hydrogen) atoms. The van der Waals surface area contributed by atoms with Crippen molar-refractivity contribution in [3.8, 4) is 28.1 Å². The maximum Gasteiger partial charge on any atom is 0.340 e. The number of carbonyl (C=O) groups is 1. The quantitative estimate of drug-likeness (QED) is 0.115. The largest absolute Gasteiger partial charge is 0.485 e. The molecule has 10 heteroatoms. The third-order valence-corrected chi connectivity index (χ3v) is 9.30. The predicted molar refractivity (Wildman–Crippen MR) is 193 cm³/mol. The summed E-state index contributed by atoms with van der Waals surface area (Å²) in [6.07, 6.45) is 4.18. The molecule has 1 saturated heterocycles. The Kier molecular flexibility index (Phi) is 9.88. The molecule has 2 aliphatic heterocycles. The molecule has 6 rings (SSSR count). The van der Waals surface area contributed by atoms with E-state index in [0.717, 1.165) is 40.9 Å². The van der Waals surface area contributed by atoms with Crippen molar-refractivity contribution < 1.29 is 28.1 Å². The van der Waals surface area contributed by atoms with Gasteiger partial charge in [0.2, 0.25) is 0 Å². The Hall–Kier alpha value is -4.54. The molecule has 0 amide bonds. The molecule has 0 N–H and O–H groups in total. The molecule has 4 aromatic rings. The third kappa shape index (κ3) is 6.91. The lowest BCUT2D eigenvalue weighted by molar-refractivity contribution is -0.166. The first-order chi connectivity index (χ1) is 23.9. The number of hydrogen-bond donors (Lipinski definition) is 0. The zero-order valence-electron chi connectivity index (χ0n) is 29.9. The summed E-state index contributed by atoms with van der Waals surface area (Å²) < 4.78 is 40.7. The van der Waals surface area contributed by atoms with E-state index in [1.165, 1.54) is 12.1 Å². The van der Waals surface area contributed by atoms with Crippen molar-refractivity contribution in [3.05, 3.63) is 90.4 Å². The second-order valence-corrected chi connectivity index (χ2v) is 14.2. The summed E-state index contributed by atoms with van der Waals surface area (Å²) in [5.74, 6) is 0.399. The van der Waals surface area contributed by atoms with Gasteiger partial charge in [0, 0.05) is 54.0 Å². The minimum atomic E-state index is -1.04. The Morgan fingerprint density at radius 2 is 1.86 bits per heavy atom. The molecular weight excluding hydrogens is 635 g/mol. The van der Waals surface area contributed by atoms with Gasteiger partial charge in [-0.1, -0.05) is 30.4 Å². The van der Waals surface area contributed by atoms with Gasteiger partial charge in [-0.15, -0.1) is 13.2 Å². The maximum absolute atomic E-state index is 14.3. The molecule has 0 radical (unpaired) electrons. The predicted octanol–water partition coefficient (Wildman–Crippen LogP) is 8.50. The Morgan fingerprint density at radius 3 is 2.54 bits per heavy atom. The molecule has 1 fully saturated rings. The van der Waals surface area contributed by atoms with Gasteiger partial charge < -0.3 is 23.8 Å². The van der Waals surface area contributed by atoms with Gasteiger partial charge in [0.1, 0.15) is 23.5 Å². The number of piperidine rings is 1. The molecule has 0 unspecified atom stereocenters. The van der Waals surface area contributed by atoms with Crippen molar-refractivity contribution in [1.29, 1.82) is 0 Å². The fourth-order valence-corrected chi connectivity index (χ4v) is 6.97. The van der Waals surface area contributed by atoms with Crippen molar-refractivity contribution in [2.24, 2.45) is 0 Å². The van der Waals surface area contributed by atoms with E-state index >= 15 is 0 Å². The minimum Gasteiger partial charge on any atom is -0.485 e. The van der Waals surface area contributed by atoms with Crippen LogP contribution in [0, 0.1) is 12.7 Å². The second kappa shape index (κ2) is 14.0. The van der Waals surface area contributed by atoms with Crippen LogP contribution in [0.4, 0.5) is 10.2 Å². The molecular formula is C40H47FN4O5. The molecule has 4 heterocycles. The zero-order valence-corrected chi connectivity index (χ0v) is 29.9. The average Bonchev–Trinajstić information content (AvgIpc) is 3.49. The van der Waals surface area contributed by atoms with Crippen LogP contribution in [-0.2, 0) is 19.0 Å². The van der Waals surface area contributed by atoms with Gasteiger partial charge in [-0.25, -0.2) is 14.2 Å². The molecule has 0 spiro atoms. The molecule has 2 aliphatic rings. The highest BCUT2D eigenvalue weighted by Gasteiger charge is 2.39. The standard InChI is InChI=1S/C40H47FN4O5/c1-9-13-31-35-28(27-17-16-26(41)23-32(27)49-31)14-12-15-29(35)30-24-33-42-25(4)34(36(38(46)47-11-3)50-39(5,6)7)37(45(33)43-30)44-20-18-40(8,19-21-44)48-22-10-2/h9-10,12,14-17,23-24,31,36H,1-2,11,13,18-22H2,3-8H3/t31-,36+/m1/s1. The first kappa shape index (κ1) is 35.3. The number of nitrogens with zero attached hydrogens (tertiary/aromatic N) is 4. The van der Waals surface area contributed by atoms with E-state index in [-0.39, 0.29) is 18.0 Å². The van der Waals surface area contributed by atoms with Gasteiger partial charge in [0.15, 0.2) is 11.8 Å². The number of carbonyl (C=O) groups excluding carboxylic acids is 1. The van der Waals surface area contributed by atoms with Gasteiger partial charge in [-0.05, 0) is 72.1 Å². The second-order valence-electron chi connectivity index (χ2n) is 14.2. The Morgan fingerprint density at radius 1 is 1.12 bits per heavy atom. The number of benzene rings is 2. The van der Waals surface area contributed by atoms with Crippen LogP contribution in [0.25, 0.3) is 28.0 Å². The number of aromatic nitrogens is 3. The number of anilines is 1. The molecule has 264 valence electrons. The zero-order chi connectivity index (χ0) is 35.8. The van der Waals surface area contributed by atoms with E-state index in [9.17, 15) is 9.18 Å².